The third-order valence-electron chi connectivity index (χ3n) is 3.30. The Bertz CT molecular complexity index is 386. The lowest BCUT2D eigenvalue weighted by Crippen LogP contribution is -2.37. The first kappa shape index (κ1) is 11.7. The van der Waals surface area contributed by atoms with E-state index in [4.69, 9.17) is 22.1 Å². The fourth-order valence-corrected chi connectivity index (χ4v) is 2.80. The van der Waals surface area contributed by atoms with Crippen molar-refractivity contribution in [3.05, 3.63) is 28.3 Å². The Hall–Kier alpha value is -0.730. The number of rotatable bonds is 3. The maximum atomic E-state index is 6.07. The Labute approximate surface area is 102 Å². The summed E-state index contributed by atoms with van der Waals surface area (Å²) in [6, 6.07) is 4.35. The highest BCUT2D eigenvalue weighted by Crippen LogP contribution is 2.35. The average Bonchev–Trinajstić information content (AvgIpc) is 2.14. The lowest BCUT2D eigenvalue weighted by molar-refractivity contribution is 0.261. The Morgan fingerprint density at radius 1 is 1.44 bits per heavy atom. The van der Waals surface area contributed by atoms with E-state index in [1.54, 1.807) is 7.11 Å². The molecule has 1 saturated carbocycles. The summed E-state index contributed by atoms with van der Waals surface area (Å²) >= 11 is 6.07. The van der Waals surface area contributed by atoms with E-state index in [9.17, 15) is 0 Å². The minimum absolute atomic E-state index is 0.399. The number of halogens is 1. The second-order valence-corrected chi connectivity index (χ2v) is 5.15. The van der Waals surface area contributed by atoms with Gasteiger partial charge in [0.1, 0.15) is 5.75 Å². The fourth-order valence-electron chi connectivity index (χ4n) is 2.51. The van der Waals surface area contributed by atoms with Crippen LogP contribution in [0.3, 0.4) is 0 Å². The molecule has 16 heavy (non-hydrogen) atoms. The molecule has 1 aliphatic rings. The normalized spacial score (nSPS) is 24.0. The van der Waals surface area contributed by atoms with E-state index >= 15 is 0 Å². The van der Waals surface area contributed by atoms with Crippen molar-refractivity contribution >= 4 is 11.6 Å². The standard InChI is InChI=1S/C13H18ClNO/c1-8-3-11(14)7-10(13(8)16-2)4-9-5-12(15)6-9/h3,7,9,12H,4-6,15H2,1-2H3. The third kappa shape index (κ3) is 2.33. The molecule has 1 fully saturated rings. The van der Waals surface area contributed by atoms with Crippen LogP contribution >= 0.6 is 11.6 Å². The molecule has 0 bridgehead atoms. The topological polar surface area (TPSA) is 35.2 Å². The van der Waals surface area contributed by atoms with Crippen molar-refractivity contribution in [1.29, 1.82) is 0 Å². The van der Waals surface area contributed by atoms with E-state index in [1.165, 1.54) is 5.56 Å². The lowest BCUT2D eigenvalue weighted by Gasteiger charge is -2.33. The summed E-state index contributed by atoms with van der Waals surface area (Å²) in [5.74, 6) is 1.67. The highest BCUT2D eigenvalue weighted by atomic mass is 35.5. The Morgan fingerprint density at radius 2 is 2.12 bits per heavy atom. The van der Waals surface area contributed by atoms with Crippen molar-refractivity contribution in [3.8, 4) is 5.75 Å². The van der Waals surface area contributed by atoms with E-state index in [0.29, 0.717) is 12.0 Å². The van der Waals surface area contributed by atoms with Crippen LogP contribution in [0.25, 0.3) is 0 Å². The molecule has 0 spiro atoms. The smallest absolute Gasteiger partial charge is 0.125 e. The maximum absolute atomic E-state index is 6.07. The van der Waals surface area contributed by atoms with Crippen molar-refractivity contribution < 1.29 is 4.74 Å². The molecule has 1 aliphatic carbocycles. The van der Waals surface area contributed by atoms with Crippen LogP contribution in [0.1, 0.15) is 24.0 Å². The predicted molar refractivity (Wildman–Crippen MR) is 67.1 cm³/mol. The fraction of sp³-hybridized carbons (Fsp3) is 0.538. The monoisotopic (exact) mass is 239 g/mol. The SMILES string of the molecule is COc1c(C)cc(Cl)cc1CC1CC(N)C1. The van der Waals surface area contributed by atoms with Crippen molar-refractivity contribution in [2.24, 2.45) is 11.7 Å². The number of ether oxygens (including phenoxy) is 1. The molecular formula is C13H18ClNO. The van der Waals surface area contributed by atoms with Crippen LogP contribution in [0.2, 0.25) is 5.02 Å². The zero-order chi connectivity index (χ0) is 11.7. The van der Waals surface area contributed by atoms with Gasteiger partial charge in [0, 0.05) is 11.1 Å². The number of hydrogen-bond donors (Lipinski definition) is 1. The molecule has 3 heteroatoms. The number of nitrogens with two attached hydrogens (primary N) is 1. The van der Waals surface area contributed by atoms with Crippen LogP contribution < -0.4 is 10.5 Å². The number of methoxy groups -OCH3 is 1. The first-order valence-corrected chi connectivity index (χ1v) is 6.06. The minimum atomic E-state index is 0.399. The average molecular weight is 240 g/mol. The molecule has 1 aromatic carbocycles. The summed E-state index contributed by atoms with van der Waals surface area (Å²) in [7, 11) is 1.71. The summed E-state index contributed by atoms with van der Waals surface area (Å²) in [5, 5.41) is 0.789. The molecule has 2 rings (SSSR count). The van der Waals surface area contributed by atoms with Gasteiger partial charge in [-0.25, -0.2) is 0 Å². The molecular weight excluding hydrogens is 222 g/mol. The third-order valence-corrected chi connectivity index (χ3v) is 3.52. The van der Waals surface area contributed by atoms with E-state index in [2.05, 4.69) is 0 Å². The van der Waals surface area contributed by atoms with Gasteiger partial charge >= 0.3 is 0 Å². The lowest BCUT2D eigenvalue weighted by atomic mass is 9.77. The van der Waals surface area contributed by atoms with Crippen LogP contribution in [-0.2, 0) is 6.42 Å². The zero-order valence-electron chi connectivity index (χ0n) is 9.79. The summed E-state index contributed by atoms with van der Waals surface area (Å²) in [6.45, 7) is 2.03. The molecule has 1 aromatic rings. The molecule has 0 aromatic heterocycles. The summed E-state index contributed by atoms with van der Waals surface area (Å²) in [4.78, 5) is 0. The number of benzene rings is 1. The molecule has 0 aliphatic heterocycles. The molecule has 0 radical (unpaired) electrons. The van der Waals surface area contributed by atoms with E-state index in [1.807, 2.05) is 19.1 Å². The molecule has 0 saturated heterocycles. The number of aryl methyl sites for hydroxylation is 1. The first-order valence-electron chi connectivity index (χ1n) is 5.68. The van der Waals surface area contributed by atoms with Gasteiger partial charge < -0.3 is 10.5 Å². The molecule has 0 heterocycles. The quantitative estimate of drug-likeness (QED) is 0.880. The van der Waals surface area contributed by atoms with Crippen molar-refractivity contribution in [1.82, 2.24) is 0 Å². The number of hydrogen-bond acceptors (Lipinski definition) is 2. The molecule has 88 valence electrons. The van der Waals surface area contributed by atoms with Gasteiger partial charge in [-0.05, 0) is 55.4 Å². The van der Waals surface area contributed by atoms with Gasteiger partial charge in [-0.1, -0.05) is 11.6 Å². The molecule has 0 atom stereocenters. The van der Waals surface area contributed by atoms with Crippen LogP contribution in [0.4, 0.5) is 0 Å². The highest BCUT2D eigenvalue weighted by Gasteiger charge is 2.27. The Kier molecular flexibility index (Phi) is 3.41. The summed E-state index contributed by atoms with van der Waals surface area (Å²) in [6.07, 6.45) is 3.27. The van der Waals surface area contributed by atoms with Crippen LogP contribution in [-0.4, -0.2) is 13.2 Å². The zero-order valence-corrected chi connectivity index (χ0v) is 10.6. The molecule has 2 nitrogen and oxygen atoms in total. The van der Waals surface area contributed by atoms with Crippen molar-refractivity contribution in [3.63, 3.8) is 0 Å². The second-order valence-electron chi connectivity index (χ2n) is 4.72. The highest BCUT2D eigenvalue weighted by molar-refractivity contribution is 6.30. The Morgan fingerprint density at radius 3 is 2.69 bits per heavy atom. The van der Waals surface area contributed by atoms with E-state index < -0.39 is 0 Å². The van der Waals surface area contributed by atoms with Crippen LogP contribution in [0.15, 0.2) is 12.1 Å². The molecule has 2 N–H and O–H groups in total. The largest absolute Gasteiger partial charge is 0.496 e. The van der Waals surface area contributed by atoms with Gasteiger partial charge in [0.05, 0.1) is 7.11 Å². The summed E-state index contributed by atoms with van der Waals surface area (Å²) < 4.78 is 5.44. The van der Waals surface area contributed by atoms with Gasteiger partial charge in [0.15, 0.2) is 0 Å². The Balaban J connectivity index is 2.18. The second kappa shape index (κ2) is 4.64. The predicted octanol–water partition coefficient (Wildman–Crippen LogP) is 2.94. The van der Waals surface area contributed by atoms with Gasteiger partial charge in [-0.3, -0.25) is 0 Å². The van der Waals surface area contributed by atoms with E-state index in [0.717, 1.165) is 35.6 Å². The minimum Gasteiger partial charge on any atom is -0.496 e. The van der Waals surface area contributed by atoms with Crippen molar-refractivity contribution in [2.75, 3.05) is 7.11 Å². The van der Waals surface area contributed by atoms with Gasteiger partial charge in [-0.2, -0.15) is 0 Å². The molecule has 0 amide bonds. The summed E-state index contributed by atoms with van der Waals surface area (Å²) in [5.41, 5.74) is 8.11. The van der Waals surface area contributed by atoms with Gasteiger partial charge in [0.25, 0.3) is 0 Å². The maximum Gasteiger partial charge on any atom is 0.125 e. The van der Waals surface area contributed by atoms with Gasteiger partial charge in [-0.15, -0.1) is 0 Å². The van der Waals surface area contributed by atoms with Crippen molar-refractivity contribution in [2.45, 2.75) is 32.2 Å². The first-order chi connectivity index (χ1) is 7.60. The van der Waals surface area contributed by atoms with Gasteiger partial charge in [0.2, 0.25) is 0 Å². The van der Waals surface area contributed by atoms with E-state index in [-0.39, 0.29) is 0 Å². The molecule has 0 unspecified atom stereocenters. The van der Waals surface area contributed by atoms with Crippen LogP contribution in [0, 0.1) is 12.8 Å². The van der Waals surface area contributed by atoms with Crippen LogP contribution in [0.5, 0.6) is 5.75 Å².